The number of rotatable bonds is 4. The van der Waals surface area contributed by atoms with Gasteiger partial charge in [0.15, 0.2) is 5.75 Å². The third kappa shape index (κ3) is 3.46. The molecular weight excluding hydrogens is 392 g/mol. The molecule has 0 spiro atoms. The number of imide groups is 1. The van der Waals surface area contributed by atoms with Crippen LogP contribution in [-0.4, -0.2) is 29.7 Å². The first-order chi connectivity index (χ1) is 14.0. The van der Waals surface area contributed by atoms with Crippen LogP contribution in [0.3, 0.4) is 0 Å². The summed E-state index contributed by atoms with van der Waals surface area (Å²) in [5, 5.41) is 3.22. The summed E-state index contributed by atoms with van der Waals surface area (Å²) in [7, 11) is 1.41. The van der Waals surface area contributed by atoms with E-state index in [2.05, 4.69) is 5.32 Å². The molecule has 0 radical (unpaired) electrons. The van der Waals surface area contributed by atoms with Gasteiger partial charge in [0.1, 0.15) is 5.75 Å². The highest BCUT2D eigenvalue weighted by molar-refractivity contribution is 6.32. The Morgan fingerprint density at radius 3 is 2.31 bits per heavy atom. The quantitative estimate of drug-likeness (QED) is 0.642. The highest BCUT2D eigenvalue weighted by atomic mass is 35.5. The largest absolute Gasteiger partial charge is 0.454 e. The molecule has 0 saturated heterocycles. The number of nitrogens with zero attached hydrogens (tertiary/aromatic N) is 1. The SMILES string of the molecule is CN1C(=O)c2ccc(C(=O)Nc3ccccc3Oc3ccccc3Cl)cc2C1=O. The summed E-state index contributed by atoms with van der Waals surface area (Å²) in [4.78, 5) is 38.0. The first-order valence-corrected chi connectivity index (χ1v) is 9.12. The molecule has 3 aromatic carbocycles. The Balaban J connectivity index is 1.60. The summed E-state index contributed by atoms with van der Waals surface area (Å²) in [5.74, 6) is -0.364. The number of para-hydroxylation sites is 3. The maximum absolute atomic E-state index is 12.8. The molecule has 7 heteroatoms. The van der Waals surface area contributed by atoms with Crippen molar-refractivity contribution in [2.45, 2.75) is 0 Å². The number of nitrogens with one attached hydrogen (secondary N) is 1. The first kappa shape index (κ1) is 18.7. The lowest BCUT2D eigenvalue weighted by Crippen LogP contribution is -2.24. The van der Waals surface area contributed by atoms with Gasteiger partial charge in [-0.15, -0.1) is 0 Å². The predicted molar refractivity (Wildman–Crippen MR) is 109 cm³/mol. The molecule has 4 rings (SSSR count). The molecule has 0 aliphatic carbocycles. The molecule has 3 aromatic rings. The van der Waals surface area contributed by atoms with Crippen molar-refractivity contribution in [3.05, 3.63) is 88.4 Å². The lowest BCUT2D eigenvalue weighted by atomic mass is 10.1. The van der Waals surface area contributed by atoms with Crippen molar-refractivity contribution in [3.63, 3.8) is 0 Å². The number of hydrogen-bond acceptors (Lipinski definition) is 4. The average Bonchev–Trinajstić information content (AvgIpc) is 2.95. The van der Waals surface area contributed by atoms with Crippen LogP contribution in [0, 0.1) is 0 Å². The number of ether oxygens (including phenoxy) is 1. The molecule has 3 amide bonds. The van der Waals surface area contributed by atoms with Gasteiger partial charge in [-0.05, 0) is 42.5 Å². The number of carbonyl (C=O) groups is 3. The Bertz CT molecular complexity index is 1160. The molecule has 1 aliphatic rings. The van der Waals surface area contributed by atoms with Crippen LogP contribution in [0.15, 0.2) is 66.7 Å². The Hall–Kier alpha value is -3.64. The van der Waals surface area contributed by atoms with Crippen molar-refractivity contribution in [3.8, 4) is 11.5 Å². The Morgan fingerprint density at radius 1 is 0.897 bits per heavy atom. The standard InChI is InChI=1S/C22H15ClN2O4/c1-25-21(27)14-11-10-13(12-15(14)22(25)28)20(26)24-17-7-3-5-9-19(17)29-18-8-4-2-6-16(18)23/h2-12H,1H3,(H,24,26). The van der Waals surface area contributed by atoms with Crippen LogP contribution in [0.4, 0.5) is 5.69 Å². The van der Waals surface area contributed by atoms with Gasteiger partial charge in [-0.25, -0.2) is 0 Å². The number of halogens is 1. The van der Waals surface area contributed by atoms with Crippen molar-refractivity contribution < 1.29 is 19.1 Å². The number of carbonyl (C=O) groups excluding carboxylic acids is 3. The van der Waals surface area contributed by atoms with E-state index in [4.69, 9.17) is 16.3 Å². The molecule has 144 valence electrons. The lowest BCUT2D eigenvalue weighted by molar-refractivity contribution is 0.0693. The highest BCUT2D eigenvalue weighted by Gasteiger charge is 2.33. The molecule has 0 saturated carbocycles. The van der Waals surface area contributed by atoms with E-state index in [1.54, 1.807) is 48.5 Å². The summed E-state index contributed by atoms with van der Waals surface area (Å²) in [5.41, 5.74) is 1.20. The van der Waals surface area contributed by atoms with Gasteiger partial charge in [0, 0.05) is 12.6 Å². The minimum Gasteiger partial charge on any atom is -0.454 e. The predicted octanol–water partition coefficient (Wildman–Crippen LogP) is 4.61. The lowest BCUT2D eigenvalue weighted by Gasteiger charge is -2.13. The minimum absolute atomic E-state index is 0.214. The smallest absolute Gasteiger partial charge is 0.261 e. The zero-order valence-corrected chi connectivity index (χ0v) is 16.1. The van der Waals surface area contributed by atoms with Crippen molar-refractivity contribution in [1.82, 2.24) is 4.90 Å². The van der Waals surface area contributed by atoms with E-state index in [-0.39, 0.29) is 22.6 Å². The Labute approximate surface area is 171 Å². The molecule has 0 fully saturated rings. The second-order valence-corrected chi connectivity index (χ2v) is 6.82. The average molecular weight is 407 g/mol. The normalized spacial score (nSPS) is 12.7. The number of amides is 3. The van der Waals surface area contributed by atoms with Crippen molar-refractivity contribution in [1.29, 1.82) is 0 Å². The maximum Gasteiger partial charge on any atom is 0.261 e. The summed E-state index contributed by atoms with van der Waals surface area (Å²) in [6.45, 7) is 0. The monoisotopic (exact) mass is 406 g/mol. The van der Waals surface area contributed by atoms with Crippen LogP contribution in [0.5, 0.6) is 11.5 Å². The van der Waals surface area contributed by atoms with E-state index in [0.717, 1.165) is 4.90 Å². The van der Waals surface area contributed by atoms with Gasteiger partial charge in [-0.2, -0.15) is 0 Å². The first-order valence-electron chi connectivity index (χ1n) is 8.75. The molecule has 0 aromatic heterocycles. The van der Waals surface area contributed by atoms with Crippen LogP contribution < -0.4 is 10.1 Å². The Morgan fingerprint density at radius 2 is 1.55 bits per heavy atom. The third-order valence-electron chi connectivity index (χ3n) is 4.54. The maximum atomic E-state index is 12.8. The van der Waals surface area contributed by atoms with Gasteiger partial charge in [0.25, 0.3) is 17.7 Å². The van der Waals surface area contributed by atoms with E-state index in [1.807, 2.05) is 0 Å². The van der Waals surface area contributed by atoms with E-state index < -0.39 is 11.8 Å². The fraction of sp³-hybridized carbons (Fsp3) is 0.0455. The van der Waals surface area contributed by atoms with Gasteiger partial charge in [-0.1, -0.05) is 35.9 Å². The fourth-order valence-electron chi connectivity index (χ4n) is 3.00. The van der Waals surface area contributed by atoms with Crippen molar-refractivity contribution in [2.24, 2.45) is 0 Å². The van der Waals surface area contributed by atoms with E-state index >= 15 is 0 Å². The minimum atomic E-state index is -0.433. The van der Waals surface area contributed by atoms with Gasteiger partial charge >= 0.3 is 0 Å². The van der Waals surface area contributed by atoms with Gasteiger partial charge in [0.2, 0.25) is 0 Å². The molecule has 29 heavy (non-hydrogen) atoms. The van der Waals surface area contributed by atoms with E-state index in [1.165, 1.54) is 25.2 Å². The van der Waals surface area contributed by atoms with Crippen LogP contribution in [-0.2, 0) is 0 Å². The van der Waals surface area contributed by atoms with Gasteiger partial charge in [-0.3, -0.25) is 19.3 Å². The zero-order valence-electron chi connectivity index (χ0n) is 15.3. The molecule has 0 unspecified atom stereocenters. The molecule has 1 heterocycles. The molecule has 0 bridgehead atoms. The van der Waals surface area contributed by atoms with Crippen LogP contribution >= 0.6 is 11.6 Å². The summed E-state index contributed by atoms with van der Waals surface area (Å²) >= 11 is 6.14. The van der Waals surface area contributed by atoms with Gasteiger partial charge < -0.3 is 10.1 Å². The second kappa shape index (κ2) is 7.41. The number of fused-ring (bicyclic) bond motifs is 1. The van der Waals surface area contributed by atoms with Gasteiger partial charge in [0.05, 0.1) is 21.8 Å². The van der Waals surface area contributed by atoms with Crippen LogP contribution in [0.25, 0.3) is 0 Å². The zero-order chi connectivity index (χ0) is 20.5. The van der Waals surface area contributed by atoms with Crippen LogP contribution in [0.2, 0.25) is 5.02 Å². The molecule has 6 nitrogen and oxygen atoms in total. The number of benzene rings is 3. The molecular formula is C22H15ClN2O4. The second-order valence-electron chi connectivity index (χ2n) is 6.41. The third-order valence-corrected chi connectivity index (χ3v) is 4.86. The Kier molecular flexibility index (Phi) is 4.78. The van der Waals surface area contributed by atoms with E-state index in [0.29, 0.717) is 22.2 Å². The summed E-state index contributed by atoms with van der Waals surface area (Å²) in [6.07, 6.45) is 0. The summed E-state index contributed by atoms with van der Waals surface area (Å²) in [6, 6.07) is 18.4. The van der Waals surface area contributed by atoms with Crippen LogP contribution in [0.1, 0.15) is 31.1 Å². The van der Waals surface area contributed by atoms with Crippen molar-refractivity contribution >= 4 is 35.0 Å². The highest BCUT2D eigenvalue weighted by Crippen LogP contribution is 2.33. The molecule has 1 aliphatic heterocycles. The van der Waals surface area contributed by atoms with Crippen molar-refractivity contribution in [2.75, 3.05) is 12.4 Å². The molecule has 1 N–H and O–H groups in total. The fourth-order valence-corrected chi connectivity index (χ4v) is 3.18. The topological polar surface area (TPSA) is 75.7 Å². The van der Waals surface area contributed by atoms with E-state index in [9.17, 15) is 14.4 Å². The summed E-state index contributed by atoms with van der Waals surface area (Å²) < 4.78 is 5.84. The number of anilines is 1. The number of hydrogen-bond donors (Lipinski definition) is 1. The molecule has 0 atom stereocenters.